The van der Waals surface area contributed by atoms with Crippen molar-refractivity contribution in [1.82, 2.24) is 9.55 Å². The van der Waals surface area contributed by atoms with Gasteiger partial charge in [0.15, 0.2) is 0 Å². The first kappa shape index (κ1) is 22.7. The summed E-state index contributed by atoms with van der Waals surface area (Å²) in [5, 5.41) is 0. The lowest BCUT2D eigenvalue weighted by Crippen LogP contribution is -2.46. The van der Waals surface area contributed by atoms with Gasteiger partial charge in [-0.2, -0.15) is 0 Å². The van der Waals surface area contributed by atoms with E-state index in [0.29, 0.717) is 6.61 Å². The second-order valence-electron chi connectivity index (χ2n) is 8.41. The van der Waals surface area contributed by atoms with Crippen LogP contribution in [0, 0.1) is 0 Å². The van der Waals surface area contributed by atoms with Crippen LogP contribution in [-0.2, 0) is 18.6 Å². The minimum atomic E-state index is -0.435. The lowest BCUT2D eigenvalue weighted by atomic mass is 9.85. The van der Waals surface area contributed by atoms with E-state index in [-0.39, 0.29) is 0 Å². The van der Waals surface area contributed by atoms with Crippen molar-refractivity contribution in [2.24, 2.45) is 0 Å². The molecule has 33 heavy (non-hydrogen) atoms. The van der Waals surface area contributed by atoms with Crippen LogP contribution in [0.2, 0.25) is 0 Å². The number of ether oxygens (including phenoxy) is 1. The zero-order valence-corrected chi connectivity index (χ0v) is 19.8. The highest BCUT2D eigenvalue weighted by molar-refractivity contribution is 5.55. The number of aryl methyl sites for hydroxylation is 1. The van der Waals surface area contributed by atoms with Crippen molar-refractivity contribution in [3.63, 3.8) is 0 Å². The topological polar surface area (TPSA) is 30.3 Å². The number of benzene rings is 3. The number of hydrogen-bond acceptors (Lipinski definition) is 3. The molecule has 0 N–H and O–H groups in total. The predicted octanol–water partition coefficient (Wildman–Crippen LogP) is 6.66. The Morgan fingerprint density at radius 1 is 0.909 bits per heavy atom. The Morgan fingerprint density at radius 3 is 2.33 bits per heavy atom. The van der Waals surface area contributed by atoms with Crippen molar-refractivity contribution in [3.8, 4) is 5.75 Å². The smallest absolute Gasteiger partial charge is 0.119 e. The molecular weight excluding hydrogens is 406 g/mol. The molecule has 0 fully saturated rings. The van der Waals surface area contributed by atoms with Crippen molar-refractivity contribution >= 4 is 5.69 Å². The van der Waals surface area contributed by atoms with E-state index in [9.17, 15) is 0 Å². The van der Waals surface area contributed by atoms with Crippen molar-refractivity contribution < 1.29 is 4.74 Å². The molecule has 170 valence electrons. The fourth-order valence-corrected chi connectivity index (χ4v) is 4.55. The van der Waals surface area contributed by atoms with E-state index < -0.39 is 5.54 Å². The number of hydrogen-bond donors (Lipinski definition) is 0. The molecule has 4 rings (SSSR count). The van der Waals surface area contributed by atoms with Crippen LogP contribution in [0.1, 0.15) is 44.0 Å². The number of para-hydroxylation sites is 1. The van der Waals surface area contributed by atoms with Gasteiger partial charge in [-0.05, 0) is 55.7 Å². The lowest BCUT2D eigenvalue weighted by molar-refractivity contribution is 0.339. The van der Waals surface area contributed by atoms with Gasteiger partial charge in [0.25, 0.3) is 0 Å². The monoisotopic (exact) mass is 439 g/mol. The summed E-state index contributed by atoms with van der Waals surface area (Å²) in [6, 6.07) is 29.8. The molecule has 1 atom stereocenters. The molecule has 1 heterocycles. The van der Waals surface area contributed by atoms with Gasteiger partial charge in [0.05, 0.1) is 24.8 Å². The van der Waals surface area contributed by atoms with E-state index >= 15 is 0 Å². The Hall–Kier alpha value is -3.53. The Morgan fingerprint density at radius 2 is 1.64 bits per heavy atom. The summed E-state index contributed by atoms with van der Waals surface area (Å²) in [4.78, 5) is 7.05. The van der Waals surface area contributed by atoms with Gasteiger partial charge in [-0.25, -0.2) is 4.98 Å². The molecule has 4 heteroatoms. The summed E-state index contributed by atoms with van der Waals surface area (Å²) in [7, 11) is 0. The van der Waals surface area contributed by atoms with Crippen LogP contribution in [-0.4, -0.2) is 16.2 Å². The summed E-state index contributed by atoms with van der Waals surface area (Å²) < 4.78 is 8.09. The predicted molar refractivity (Wildman–Crippen MR) is 136 cm³/mol. The quantitative estimate of drug-likeness (QED) is 0.277. The van der Waals surface area contributed by atoms with Crippen molar-refractivity contribution in [2.75, 3.05) is 11.5 Å². The van der Waals surface area contributed by atoms with Crippen molar-refractivity contribution in [1.29, 1.82) is 0 Å². The SMILES string of the molecule is CCCn1cncc1C(C)(c1ccccc1)N(Cc1cccc(OCC)c1)c1ccccc1. The first-order valence-electron chi connectivity index (χ1n) is 11.8. The molecule has 3 aromatic carbocycles. The van der Waals surface area contributed by atoms with Crippen LogP contribution >= 0.6 is 0 Å². The van der Waals surface area contributed by atoms with E-state index in [4.69, 9.17) is 4.74 Å². The zero-order valence-electron chi connectivity index (χ0n) is 19.8. The van der Waals surface area contributed by atoms with Crippen LogP contribution in [0.25, 0.3) is 0 Å². The van der Waals surface area contributed by atoms with E-state index in [0.717, 1.165) is 30.9 Å². The van der Waals surface area contributed by atoms with Crippen LogP contribution in [0.15, 0.2) is 97.5 Å². The summed E-state index contributed by atoms with van der Waals surface area (Å²) >= 11 is 0. The summed E-state index contributed by atoms with van der Waals surface area (Å²) in [6.07, 6.45) is 5.03. The maximum absolute atomic E-state index is 5.79. The molecule has 0 aliphatic heterocycles. The number of rotatable bonds is 10. The van der Waals surface area contributed by atoms with Crippen molar-refractivity contribution in [3.05, 3.63) is 114 Å². The van der Waals surface area contributed by atoms with Gasteiger partial charge in [0.1, 0.15) is 11.3 Å². The summed E-state index contributed by atoms with van der Waals surface area (Å²) in [5.41, 5.74) is 4.34. The van der Waals surface area contributed by atoms with Gasteiger partial charge in [-0.15, -0.1) is 0 Å². The molecule has 0 aliphatic rings. The second-order valence-corrected chi connectivity index (χ2v) is 8.41. The van der Waals surface area contributed by atoms with Gasteiger partial charge in [0.2, 0.25) is 0 Å². The van der Waals surface area contributed by atoms with Crippen LogP contribution < -0.4 is 9.64 Å². The van der Waals surface area contributed by atoms with E-state index in [1.165, 1.54) is 16.8 Å². The molecule has 1 unspecified atom stereocenters. The highest BCUT2D eigenvalue weighted by Gasteiger charge is 2.38. The third kappa shape index (κ3) is 4.80. The standard InChI is InChI=1S/C29H33N3O/c1-4-19-31-23-30-21-28(31)29(3,25-14-8-6-9-15-25)32(26-16-10-7-11-17-26)22-24-13-12-18-27(20-24)33-5-2/h6-18,20-21,23H,4-5,19,22H2,1-3H3. The molecule has 0 radical (unpaired) electrons. The molecule has 0 saturated heterocycles. The highest BCUT2D eigenvalue weighted by atomic mass is 16.5. The maximum Gasteiger partial charge on any atom is 0.119 e. The number of anilines is 1. The Balaban J connectivity index is 1.89. The highest BCUT2D eigenvalue weighted by Crippen LogP contribution is 2.40. The first-order valence-corrected chi connectivity index (χ1v) is 11.8. The van der Waals surface area contributed by atoms with E-state index in [2.05, 4.69) is 107 Å². The maximum atomic E-state index is 5.79. The molecule has 1 aromatic heterocycles. The van der Waals surface area contributed by atoms with Crippen LogP contribution in [0.4, 0.5) is 5.69 Å². The van der Waals surface area contributed by atoms with Gasteiger partial charge >= 0.3 is 0 Å². The first-order chi connectivity index (χ1) is 16.2. The van der Waals surface area contributed by atoms with Gasteiger partial charge in [-0.3, -0.25) is 0 Å². The average Bonchev–Trinajstić information content (AvgIpc) is 3.33. The fourth-order valence-electron chi connectivity index (χ4n) is 4.55. The van der Waals surface area contributed by atoms with Crippen molar-refractivity contribution in [2.45, 2.75) is 45.8 Å². The van der Waals surface area contributed by atoms with E-state index in [1.54, 1.807) is 0 Å². The normalized spacial score (nSPS) is 12.8. The lowest BCUT2D eigenvalue weighted by Gasteiger charge is -2.44. The number of imidazole rings is 1. The molecule has 0 saturated carbocycles. The minimum absolute atomic E-state index is 0.435. The summed E-state index contributed by atoms with van der Waals surface area (Å²) in [5.74, 6) is 0.903. The summed E-state index contributed by atoms with van der Waals surface area (Å²) in [6.45, 7) is 8.85. The molecule has 0 spiro atoms. The third-order valence-corrected chi connectivity index (χ3v) is 6.17. The Bertz CT molecular complexity index is 1140. The molecule has 0 aliphatic carbocycles. The van der Waals surface area contributed by atoms with Gasteiger partial charge in [-0.1, -0.05) is 67.6 Å². The molecule has 0 amide bonds. The average molecular weight is 440 g/mol. The van der Waals surface area contributed by atoms with Crippen LogP contribution in [0.5, 0.6) is 5.75 Å². The Kier molecular flexibility index (Phi) is 7.13. The zero-order chi connectivity index (χ0) is 23.1. The number of aromatic nitrogens is 2. The third-order valence-electron chi connectivity index (χ3n) is 6.17. The Labute approximate surface area is 197 Å². The minimum Gasteiger partial charge on any atom is -0.494 e. The van der Waals surface area contributed by atoms with Gasteiger partial charge < -0.3 is 14.2 Å². The molecule has 0 bridgehead atoms. The molecule has 4 aromatic rings. The molecular formula is C29H33N3O. The fraction of sp³-hybridized carbons (Fsp3) is 0.276. The largest absolute Gasteiger partial charge is 0.494 e. The van der Waals surface area contributed by atoms with Gasteiger partial charge in [0, 0.05) is 18.8 Å². The second kappa shape index (κ2) is 10.4. The molecule has 4 nitrogen and oxygen atoms in total. The van der Waals surface area contributed by atoms with E-state index in [1.807, 2.05) is 25.5 Å². The number of nitrogens with zero attached hydrogens (tertiary/aromatic N) is 3. The van der Waals surface area contributed by atoms with Crippen LogP contribution in [0.3, 0.4) is 0 Å².